The lowest BCUT2D eigenvalue weighted by atomic mass is 10.2. The highest BCUT2D eigenvalue weighted by molar-refractivity contribution is 6.30. The van der Waals surface area contributed by atoms with E-state index in [1.165, 1.54) is 0 Å². The maximum absolute atomic E-state index is 5.93. The van der Waals surface area contributed by atoms with E-state index in [2.05, 4.69) is 15.5 Å². The summed E-state index contributed by atoms with van der Waals surface area (Å²) in [5, 5.41) is 7.38. The van der Waals surface area contributed by atoms with E-state index in [0.717, 1.165) is 0 Å². The molecule has 0 amide bonds. The summed E-state index contributed by atoms with van der Waals surface area (Å²) < 4.78 is 10.4. The Bertz CT molecular complexity index is 513. The van der Waals surface area contributed by atoms with Crippen molar-refractivity contribution in [2.24, 2.45) is 0 Å². The number of rotatable bonds is 4. The summed E-state index contributed by atoms with van der Waals surface area (Å²) in [6, 6.07) is 5.24. The molecular weight excluding hydrogens is 242 g/mol. The van der Waals surface area contributed by atoms with Crippen molar-refractivity contribution in [3.8, 4) is 17.2 Å². The van der Waals surface area contributed by atoms with Gasteiger partial charge in [-0.05, 0) is 25.2 Å². The highest BCUT2D eigenvalue weighted by Gasteiger charge is 2.13. The van der Waals surface area contributed by atoms with Gasteiger partial charge in [0.2, 0.25) is 0 Å². The van der Waals surface area contributed by atoms with Crippen LogP contribution in [0.4, 0.5) is 0 Å². The van der Waals surface area contributed by atoms with Crippen molar-refractivity contribution in [1.82, 2.24) is 15.5 Å². The zero-order chi connectivity index (χ0) is 12.3. The molecule has 17 heavy (non-hydrogen) atoms. The summed E-state index contributed by atoms with van der Waals surface area (Å²) in [5.74, 6) is 1.63. The molecule has 2 aromatic rings. The first-order valence-corrected chi connectivity index (χ1v) is 5.43. The zero-order valence-corrected chi connectivity index (χ0v) is 10.3. The molecule has 2 rings (SSSR count). The van der Waals surface area contributed by atoms with Crippen molar-refractivity contribution in [2.45, 2.75) is 6.54 Å². The Labute approximate surface area is 104 Å². The second-order valence-corrected chi connectivity index (χ2v) is 3.83. The van der Waals surface area contributed by atoms with Gasteiger partial charge < -0.3 is 14.6 Å². The van der Waals surface area contributed by atoms with Crippen LogP contribution in [0.3, 0.4) is 0 Å². The standard InChI is InChI=1S/C11H12ClN3O2/c1-13-6-10-14-11(17-15-10)8-5-7(12)3-4-9(8)16-2/h3-5,13H,6H2,1-2H3. The number of nitrogens with one attached hydrogen (secondary N) is 1. The van der Waals surface area contributed by atoms with Gasteiger partial charge in [-0.15, -0.1) is 0 Å². The molecule has 5 nitrogen and oxygen atoms in total. The van der Waals surface area contributed by atoms with Gasteiger partial charge in [0, 0.05) is 5.02 Å². The number of halogens is 1. The molecule has 0 spiro atoms. The van der Waals surface area contributed by atoms with E-state index >= 15 is 0 Å². The molecule has 0 saturated carbocycles. The summed E-state index contributed by atoms with van der Waals surface area (Å²) in [6.07, 6.45) is 0. The van der Waals surface area contributed by atoms with Crippen LogP contribution in [0.25, 0.3) is 11.5 Å². The first-order valence-electron chi connectivity index (χ1n) is 5.05. The van der Waals surface area contributed by atoms with Gasteiger partial charge in [-0.1, -0.05) is 16.8 Å². The summed E-state index contributed by atoms with van der Waals surface area (Å²) >= 11 is 5.93. The fourth-order valence-corrected chi connectivity index (χ4v) is 1.61. The number of ether oxygens (including phenoxy) is 1. The smallest absolute Gasteiger partial charge is 0.261 e. The van der Waals surface area contributed by atoms with E-state index in [9.17, 15) is 0 Å². The van der Waals surface area contributed by atoms with Gasteiger partial charge in [0.25, 0.3) is 5.89 Å². The quantitative estimate of drug-likeness (QED) is 0.904. The Balaban J connectivity index is 2.40. The van der Waals surface area contributed by atoms with E-state index in [1.807, 2.05) is 7.05 Å². The first kappa shape index (κ1) is 11.9. The Morgan fingerprint density at radius 2 is 2.29 bits per heavy atom. The normalized spacial score (nSPS) is 10.5. The maximum atomic E-state index is 5.93. The molecule has 0 saturated heterocycles. The molecule has 1 aromatic heterocycles. The second-order valence-electron chi connectivity index (χ2n) is 3.39. The fraction of sp³-hybridized carbons (Fsp3) is 0.273. The summed E-state index contributed by atoms with van der Waals surface area (Å²) in [6.45, 7) is 0.548. The number of hydrogen-bond donors (Lipinski definition) is 1. The van der Waals surface area contributed by atoms with Crippen molar-refractivity contribution in [3.05, 3.63) is 29.0 Å². The second kappa shape index (κ2) is 5.16. The minimum absolute atomic E-state index is 0.398. The lowest BCUT2D eigenvalue weighted by Gasteiger charge is -2.04. The largest absolute Gasteiger partial charge is 0.496 e. The molecule has 0 aliphatic heterocycles. The number of nitrogens with zero attached hydrogens (tertiary/aromatic N) is 2. The molecule has 0 bridgehead atoms. The van der Waals surface area contributed by atoms with E-state index in [4.69, 9.17) is 20.9 Å². The van der Waals surface area contributed by atoms with Crippen molar-refractivity contribution in [3.63, 3.8) is 0 Å². The average Bonchev–Trinajstić information content (AvgIpc) is 2.78. The topological polar surface area (TPSA) is 60.2 Å². The zero-order valence-electron chi connectivity index (χ0n) is 9.53. The van der Waals surface area contributed by atoms with Crippen LogP contribution >= 0.6 is 11.6 Å². The molecule has 90 valence electrons. The highest BCUT2D eigenvalue weighted by atomic mass is 35.5. The van der Waals surface area contributed by atoms with Crippen LogP contribution in [0.2, 0.25) is 5.02 Å². The molecule has 0 radical (unpaired) electrons. The third-order valence-electron chi connectivity index (χ3n) is 2.19. The molecule has 0 atom stereocenters. The van der Waals surface area contributed by atoms with Gasteiger partial charge in [0.1, 0.15) is 5.75 Å². The first-order chi connectivity index (χ1) is 8.24. The molecule has 0 unspecified atom stereocenters. The molecule has 1 N–H and O–H groups in total. The van der Waals surface area contributed by atoms with Crippen LogP contribution < -0.4 is 10.1 Å². The molecule has 0 aliphatic carbocycles. The Morgan fingerprint density at radius 1 is 1.47 bits per heavy atom. The minimum atomic E-state index is 0.398. The number of aromatic nitrogens is 2. The highest BCUT2D eigenvalue weighted by Crippen LogP contribution is 2.31. The van der Waals surface area contributed by atoms with Gasteiger partial charge in [-0.2, -0.15) is 4.98 Å². The fourth-order valence-electron chi connectivity index (χ4n) is 1.44. The van der Waals surface area contributed by atoms with Crippen molar-refractivity contribution >= 4 is 11.6 Å². The summed E-state index contributed by atoms with van der Waals surface area (Å²) in [5.41, 5.74) is 0.690. The van der Waals surface area contributed by atoms with E-state index in [1.54, 1.807) is 25.3 Å². The van der Waals surface area contributed by atoms with Crippen molar-refractivity contribution < 1.29 is 9.26 Å². The molecule has 6 heteroatoms. The van der Waals surface area contributed by atoms with Gasteiger partial charge in [0.05, 0.1) is 19.2 Å². The van der Waals surface area contributed by atoms with Gasteiger partial charge in [-0.25, -0.2) is 0 Å². The number of benzene rings is 1. The Kier molecular flexibility index (Phi) is 3.61. The van der Waals surface area contributed by atoms with Crippen molar-refractivity contribution in [2.75, 3.05) is 14.2 Å². The predicted molar refractivity (Wildman–Crippen MR) is 64.1 cm³/mol. The van der Waals surface area contributed by atoms with E-state index in [0.29, 0.717) is 34.6 Å². The number of hydrogen-bond acceptors (Lipinski definition) is 5. The van der Waals surface area contributed by atoms with Crippen LogP contribution in [0.15, 0.2) is 22.7 Å². The lowest BCUT2D eigenvalue weighted by molar-refractivity contribution is 0.402. The van der Waals surface area contributed by atoms with Gasteiger partial charge >= 0.3 is 0 Å². The van der Waals surface area contributed by atoms with Crippen LogP contribution in [0.5, 0.6) is 5.75 Å². The molecule has 0 fully saturated rings. The van der Waals surface area contributed by atoms with Crippen LogP contribution in [0, 0.1) is 0 Å². The average molecular weight is 254 g/mol. The molecular formula is C11H12ClN3O2. The monoisotopic (exact) mass is 253 g/mol. The van der Waals surface area contributed by atoms with E-state index in [-0.39, 0.29) is 0 Å². The SMILES string of the molecule is CNCc1noc(-c2cc(Cl)ccc2OC)n1. The summed E-state index contributed by atoms with van der Waals surface area (Å²) in [4.78, 5) is 4.24. The predicted octanol–water partition coefficient (Wildman–Crippen LogP) is 2.12. The van der Waals surface area contributed by atoms with Crippen molar-refractivity contribution in [1.29, 1.82) is 0 Å². The third-order valence-corrected chi connectivity index (χ3v) is 2.43. The van der Waals surface area contributed by atoms with Gasteiger partial charge in [0.15, 0.2) is 5.82 Å². The van der Waals surface area contributed by atoms with Gasteiger partial charge in [-0.3, -0.25) is 0 Å². The lowest BCUT2D eigenvalue weighted by Crippen LogP contribution is -2.06. The minimum Gasteiger partial charge on any atom is -0.496 e. The van der Waals surface area contributed by atoms with Crippen LogP contribution in [-0.4, -0.2) is 24.3 Å². The summed E-state index contributed by atoms with van der Waals surface area (Å²) in [7, 11) is 3.40. The molecule has 0 aliphatic rings. The Hall–Kier alpha value is -1.59. The molecule has 1 aromatic carbocycles. The Morgan fingerprint density at radius 3 is 3.00 bits per heavy atom. The van der Waals surface area contributed by atoms with Crippen LogP contribution in [-0.2, 0) is 6.54 Å². The van der Waals surface area contributed by atoms with Crippen LogP contribution in [0.1, 0.15) is 5.82 Å². The maximum Gasteiger partial charge on any atom is 0.261 e. The third kappa shape index (κ3) is 2.57. The van der Waals surface area contributed by atoms with E-state index < -0.39 is 0 Å². The molecule has 1 heterocycles. The number of methoxy groups -OCH3 is 1.